The molecule has 0 N–H and O–H groups in total. The third-order valence-electron chi connectivity index (χ3n) is 11.1. The van der Waals surface area contributed by atoms with Crippen molar-refractivity contribution in [3.63, 3.8) is 0 Å². The fourth-order valence-corrected chi connectivity index (χ4v) is 8.66. The maximum atomic E-state index is 3.56. The second kappa shape index (κ2) is 11.3. The molecule has 0 nitrogen and oxygen atoms in total. The van der Waals surface area contributed by atoms with Gasteiger partial charge in [-0.2, -0.15) is 0 Å². The van der Waals surface area contributed by atoms with E-state index >= 15 is 0 Å². The van der Waals surface area contributed by atoms with Crippen LogP contribution in [-0.4, -0.2) is 0 Å². The largest absolute Gasteiger partial charge is 0.0622 e. The molecule has 0 bridgehead atoms. The fourth-order valence-electron chi connectivity index (χ4n) is 8.66. The van der Waals surface area contributed by atoms with Gasteiger partial charge in [-0.1, -0.05) is 184 Å². The van der Waals surface area contributed by atoms with Crippen molar-refractivity contribution in [3.8, 4) is 55.6 Å². The number of fused-ring (bicyclic) bond motifs is 6. The Bertz CT molecular complexity index is 2760. The Kier molecular flexibility index (Phi) is 6.54. The summed E-state index contributed by atoms with van der Waals surface area (Å²) in [6.07, 6.45) is 0. The molecule has 0 heterocycles. The smallest absolute Gasteiger partial charge is 0.0365 e. The first-order valence-corrected chi connectivity index (χ1v) is 17.8. The standard InChI is InChI=1S/C51H34/c1-51(2)47-26-13-12-21-40(47)41-28-27-35(32-48(41)51)34-17-14-18-36(31-34)37-29-30-46(39-20-7-6-19-38(37)39)50-44-24-10-8-22-42(44)49(33-15-4-3-5-16-33)43-23-9-11-25-45(43)50/h3-26,29-32H,1-2H3. The summed E-state index contributed by atoms with van der Waals surface area (Å²) in [4.78, 5) is 0. The van der Waals surface area contributed by atoms with Gasteiger partial charge >= 0.3 is 0 Å². The summed E-state index contributed by atoms with van der Waals surface area (Å²) in [5.74, 6) is 0. The van der Waals surface area contributed by atoms with Gasteiger partial charge < -0.3 is 0 Å². The van der Waals surface area contributed by atoms with E-state index in [1.54, 1.807) is 0 Å². The lowest BCUT2D eigenvalue weighted by Gasteiger charge is -2.21. The molecule has 9 aromatic rings. The Morgan fingerprint density at radius 2 is 0.882 bits per heavy atom. The zero-order valence-electron chi connectivity index (χ0n) is 28.7. The van der Waals surface area contributed by atoms with Crippen LogP contribution < -0.4 is 0 Å². The zero-order chi connectivity index (χ0) is 34.1. The van der Waals surface area contributed by atoms with Gasteiger partial charge in [-0.05, 0) is 100 Å². The van der Waals surface area contributed by atoms with Gasteiger partial charge in [0.25, 0.3) is 0 Å². The van der Waals surface area contributed by atoms with E-state index in [4.69, 9.17) is 0 Å². The summed E-state index contributed by atoms with van der Waals surface area (Å²) >= 11 is 0. The highest BCUT2D eigenvalue weighted by molar-refractivity contribution is 6.24. The van der Waals surface area contributed by atoms with E-state index in [1.807, 2.05) is 0 Å². The van der Waals surface area contributed by atoms with Crippen molar-refractivity contribution in [1.82, 2.24) is 0 Å². The number of rotatable bonds is 4. The maximum absolute atomic E-state index is 3.56. The third-order valence-corrected chi connectivity index (χ3v) is 11.1. The number of hydrogen-bond acceptors (Lipinski definition) is 0. The van der Waals surface area contributed by atoms with Crippen LogP contribution in [-0.2, 0) is 5.41 Å². The van der Waals surface area contributed by atoms with Crippen molar-refractivity contribution in [2.75, 3.05) is 0 Å². The molecule has 0 saturated carbocycles. The van der Waals surface area contributed by atoms with Gasteiger partial charge in [0.15, 0.2) is 0 Å². The summed E-state index contributed by atoms with van der Waals surface area (Å²) in [5, 5.41) is 7.57. The van der Waals surface area contributed by atoms with Crippen LogP contribution in [0, 0.1) is 12.1 Å². The van der Waals surface area contributed by atoms with Gasteiger partial charge in [0.2, 0.25) is 0 Å². The maximum Gasteiger partial charge on any atom is 0.0365 e. The summed E-state index contributed by atoms with van der Waals surface area (Å²) in [5.41, 5.74) is 14.8. The van der Waals surface area contributed by atoms with Crippen LogP contribution in [0.15, 0.2) is 170 Å². The average Bonchev–Trinajstić information content (AvgIpc) is 3.42. The normalized spacial score (nSPS) is 12.9. The molecule has 0 amide bonds. The number of benzene rings is 8. The molecule has 0 saturated heterocycles. The van der Waals surface area contributed by atoms with Crippen LogP contribution in [0.5, 0.6) is 0 Å². The number of hydrogen-bond donors (Lipinski definition) is 0. The molecule has 0 aromatic heterocycles. The van der Waals surface area contributed by atoms with Crippen LogP contribution in [0.1, 0.15) is 25.0 Å². The van der Waals surface area contributed by atoms with Crippen molar-refractivity contribution >= 4 is 32.3 Å². The lowest BCUT2D eigenvalue weighted by Crippen LogP contribution is -2.14. The second-order valence-electron chi connectivity index (χ2n) is 14.3. The van der Waals surface area contributed by atoms with Gasteiger partial charge in [0, 0.05) is 16.5 Å². The summed E-state index contributed by atoms with van der Waals surface area (Å²) < 4.78 is 0. The minimum absolute atomic E-state index is 0.0798. The average molecular weight is 647 g/mol. The van der Waals surface area contributed by atoms with Gasteiger partial charge in [-0.3, -0.25) is 0 Å². The zero-order valence-corrected chi connectivity index (χ0v) is 28.7. The van der Waals surface area contributed by atoms with Crippen LogP contribution in [0.2, 0.25) is 0 Å². The van der Waals surface area contributed by atoms with Gasteiger partial charge in [-0.15, -0.1) is 0 Å². The molecular weight excluding hydrogens is 613 g/mol. The Balaban J connectivity index is 1.15. The van der Waals surface area contributed by atoms with Gasteiger partial charge in [-0.25, -0.2) is 0 Å². The third kappa shape index (κ3) is 4.49. The first kappa shape index (κ1) is 29.5. The van der Waals surface area contributed by atoms with Crippen molar-refractivity contribution in [2.45, 2.75) is 19.3 Å². The highest BCUT2D eigenvalue weighted by Gasteiger charge is 2.35. The van der Waals surface area contributed by atoms with Crippen molar-refractivity contribution in [3.05, 3.63) is 193 Å². The predicted molar refractivity (Wildman–Crippen MR) is 216 cm³/mol. The van der Waals surface area contributed by atoms with E-state index in [-0.39, 0.29) is 5.41 Å². The molecule has 1 aliphatic carbocycles. The molecule has 51 heavy (non-hydrogen) atoms. The van der Waals surface area contributed by atoms with Crippen LogP contribution >= 0.6 is 0 Å². The minimum Gasteiger partial charge on any atom is -0.0622 e. The molecule has 0 aliphatic heterocycles. The lowest BCUT2D eigenvalue weighted by molar-refractivity contribution is 0.660. The molecule has 0 atom stereocenters. The van der Waals surface area contributed by atoms with Gasteiger partial charge in [0.1, 0.15) is 0 Å². The quantitative estimate of drug-likeness (QED) is 0.167. The van der Waals surface area contributed by atoms with E-state index in [2.05, 4.69) is 196 Å². The molecule has 1 aliphatic rings. The molecule has 0 spiro atoms. The summed E-state index contributed by atoms with van der Waals surface area (Å²) in [6, 6.07) is 69.3. The van der Waals surface area contributed by atoms with E-state index < -0.39 is 0 Å². The Labute approximate surface area is 299 Å². The molecule has 0 unspecified atom stereocenters. The Morgan fingerprint density at radius 3 is 1.59 bits per heavy atom. The predicted octanol–water partition coefficient (Wildman–Crippen LogP) is 13.7. The topological polar surface area (TPSA) is 0 Å². The molecule has 0 fully saturated rings. The van der Waals surface area contributed by atoms with Gasteiger partial charge in [0.05, 0.1) is 0 Å². The molecule has 9 aromatic carbocycles. The Morgan fingerprint density at radius 1 is 0.353 bits per heavy atom. The first-order chi connectivity index (χ1) is 25.1. The van der Waals surface area contributed by atoms with Crippen LogP contribution in [0.3, 0.4) is 0 Å². The monoisotopic (exact) mass is 646 g/mol. The van der Waals surface area contributed by atoms with E-state index in [9.17, 15) is 0 Å². The van der Waals surface area contributed by atoms with Crippen molar-refractivity contribution in [1.29, 1.82) is 0 Å². The van der Waals surface area contributed by atoms with Crippen molar-refractivity contribution < 1.29 is 0 Å². The SMILES string of the molecule is CC1(C)c2cc(-c3cccc(-c4ccc(-c5c6ccccc6c(-c6ccccc6)c6ccccc56)c5ccccc45)c3)c#cc2-c2ccccc21. The summed E-state index contributed by atoms with van der Waals surface area (Å²) in [6.45, 7) is 4.64. The molecule has 238 valence electrons. The van der Waals surface area contributed by atoms with E-state index in [0.29, 0.717) is 0 Å². The lowest BCUT2D eigenvalue weighted by atomic mass is 9.82. The van der Waals surface area contributed by atoms with Crippen LogP contribution in [0.25, 0.3) is 88.0 Å². The molecule has 0 radical (unpaired) electrons. The second-order valence-corrected chi connectivity index (χ2v) is 14.3. The summed E-state index contributed by atoms with van der Waals surface area (Å²) in [7, 11) is 0. The van der Waals surface area contributed by atoms with E-state index in [1.165, 1.54) is 88.0 Å². The van der Waals surface area contributed by atoms with E-state index in [0.717, 1.165) is 11.1 Å². The van der Waals surface area contributed by atoms with Crippen molar-refractivity contribution in [2.24, 2.45) is 0 Å². The fraction of sp³-hybridized carbons (Fsp3) is 0.0588. The highest BCUT2D eigenvalue weighted by atomic mass is 14.4. The minimum atomic E-state index is -0.0798. The molecule has 0 heteroatoms. The molecular formula is C51H34. The Hall–Kier alpha value is -6.42. The molecule has 10 rings (SSSR count). The first-order valence-electron chi connectivity index (χ1n) is 17.8. The van der Waals surface area contributed by atoms with Crippen LogP contribution in [0.4, 0.5) is 0 Å². The highest BCUT2D eigenvalue weighted by Crippen LogP contribution is 2.49.